The van der Waals surface area contributed by atoms with Crippen LogP contribution < -0.4 is 4.90 Å². The lowest BCUT2D eigenvalue weighted by atomic mass is 9.94. The van der Waals surface area contributed by atoms with Gasteiger partial charge in [0.15, 0.2) is 0 Å². The van der Waals surface area contributed by atoms with E-state index >= 15 is 0 Å². The van der Waals surface area contributed by atoms with Crippen molar-refractivity contribution in [3.63, 3.8) is 0 Å². The summed E-state index contributed by atoms with van der Waals surface area (Å²) in [5.41, 5.74) is 1.13. The summed E-state index contributed by atoms with van der Waals surface area (Å²) in [6.45, 7) is 0. The quantitative estimate of drug-likeness (QED) is 0.477. The summed E-state index contributed by atoms with van der Waals surface area (Å²) in [6, 6.07) is 6.43. The van der Waals surface area contributed by atoms with Crippen molar-refractivity contribution in [3.8, 4) is 0 Å². The largest absolute Gasteiger partial charge is 0.331 e. The number of benzene rings is 1. The number of thiocarbonyl (C=S) groups is 1. The van der Waals surface area contributed by atoms with Gasteiger partial charge >= 0.3 is 0 Å². The van der Waals surface area contributed by atoms with Crippen molar-refractivity contribution in [2.24, 2.45) is 0 Å². The monoisotopic (exact) mass is 396 g/mol. The molecule has 1 saturated carbocycles. The van der Waals surface area contributed by atoms with E-state index in [2.05, 4.69) is 11.0 Å². The maximum atomic E-state index is 12.6. The van der Waals surface area contributed by atoms with Gasteiger partial charge in [0.05, 0.1) is 5.69 Å². The van der Waals surface area contributed by atoms with Gasteiger partial charge in [-0.1, -0.05) is 66.6 Å². The van der Waals surface area contributed by atoms with Crippen LogP contribution in [0.3, 0.4) is 0 Å². The number of hydrogen-bond acceptors (Lipinski definition) is 5. The number of carbonyl (C=O) groups excluding carboxylic acids is 1. The molecule has 0 radical (unpaired) electrons. The molecule has 0 atom stereocenters. The van der Waals surface area contributed by atoms with Crippen LogP contribution in [-0.4, -0.2) is 28.2 Å². The Morgan fingerprint density at radius 1 is 1.21 bits per heavy atom. The zero-order valence-corrected chi connectivity index (χ0v) is 16.5. The van der Waals surface area contributed by atoms with Crippen LogP contribution in [0, 0.1) is 0 Å². The fraction of sp³-hybridized carbons (Fsp3) is 0.412. The minimum atomic E-state index is 0.00668. The van der Waals surface area contributed by atoms with Gasteiger partial charge in [0.1, 0.15) is 14.3 Å². The molecule has 1 saturated heterocycles. The molecule has 0 unspecified atom stereocenters. The molecule has 2 heterocycles. The van der Waals surface area contributed by atoms with Crippen LogP contribution in [-0.2, 0) is 4.79 Å². The molecule has 1 aromatic carbocycles. The zero-order chi connectivity index (χ0) is 16.8. The van der Waals surface area contributed by atoms with Crippen molar-refractivity contribution < 1.29 is 4.79 Å². The lowest BCUT2D eigenvalue weighted by molar-refractivity contribution is -0.121. The average Bonchev–Trinajstić information content (AvgIpc) is 3.08. The first-order valence-corrected chi connectivity index (χ1v) is 10.5. The summed E-state index contributed by atoms with van der Waals surface area (Å²) in [7, 11) is 1.75. The van der Waals surface area contributed by atoms with E-state index in [4.69, 9.17) is 23.8 Å². The number of carbonyl (C=O) groups is 1. The van der Waals surface area contributed by atoms with Crippen molar-refractivity contribution >= 4 is 63.3 Å². The van der Waals surface area contributed by atoms with Gasteiger partial charge < -0.3 is 4.90 Å². The van der Waals surface area contributed by atoms with E-state index in [1.165, 1.54) is 35.9 Å². The van der Waals surface area contributed by atoms with Crippen molar-refractivity contribution in [1.82, 2.24) is 4.90 Å². The molecule has 0 aromatic heterocycles. The topological polar surface area (TPSA) is 23.6 Å². The number of amides is 1. The Kier molecular flexibility index (Phi) is 4.58. The van der Waals surface area contributed by atoms with Crippen LogP contribution in [0.2, 0.25) is 5.02 Å². The number of likely N-dealkylation sites (N-methyl/N-ethyl adjacent to an activating group) is 1. The van der Waals surface area contributed by atoms with Crippen molar-refractivity contribution in [1.29, 1.82) is 0 Å². The molecule has 2 aliphatic heterocycles. The van der Waals surface area contributed by atoms with E-state index in [9.17, 15) is 4.79 Å². The molecule has 1 amide bonds. The summed E-state index contributed by atoms with van der Waals surface area (Å²) >= 11 is 14.7. The molecule has 1 aliphatic carbocycles. The van der Waals surface area contributed by atoms with Gasteiger partial charge in [0, 0.05) is 23.0 Å². The number of anilines is 1. The number of thioether (sulfide) groups is 2. The van der Waals surface area contributed by atoms with E-state index in [1.807, 2.05) is 12.1 Å². The van der Waals surface area contributed by atoms with Crippen LogP contribution in [0.1, 0.15) is 32.1 Å². The number of nitrogens with zero attached hydrogens (tertiary/aromatic N) is 2. The zero-order valence-electron chi connectivity index (χ0n) is 13.3. The standard InChI is InChI=1S/C17H17ClN2OS3/c1-19-15(21)14(24-17(19)22)16-20(11-5-3-2-4-6-11)12-9-10(18)7-8-13(12)23-16/h7-9,11H,2-6H2,1H3. The Bertz CT molecular complexity index is 758. The van der Waals surface area contributed by atoms with Crippen molar-refractivity contribution in [2.45, 2.75) is 43.0 Å². The van der Waals surface area contributed by atoms with Crippen LogP contribution in [0.4, 0.5) is 5.69 Å². The van der Waals surface area contributed by atoms with Gasteiger partial charge in [-0.15, -0.1) is 0 Å². The molecule has 3 aliphatic rings. The van der Waals surface area contributed by atoms with Gasteiger partial charge in [0.2, 0.25) is 0 Å². The number of hydrogen-bond donors (Lipinski definition) is 0. The second kappa shape index (κ2) is 6.56. The fourth-order valence-corrected chi connectivity index (χ4v) is 6.14. The third kappa shape index (κ3) is 2.77. The Morgan fingerprint density at radius 3 is 2.62 bits per heavy atom. The van der Waals surface area contributed by atoms with Crippen molar-refractivity contribution in [3.05, 3.63) is 33.2 Å². The van der Waals surface area contributed by atoms with E-state index in [1.54, 1.807) is 23.7 Å². The highest BCUT2D eigenvalue weighted by molar-refractivity contribution is 8.27. The molecule has 126 valence electrons. The van der Waals surface area contributed by atoms with E-state index in [-0.39, 0.29) is 5.91 Å². The highest BCUT2D eigenvalue weighted by atomic mass is 35.5. The predicted molar refractivity (Wildman–Crippen MR) is 107 cm³/mol. The molecule has 24 heavy (non-hydrogen) atoms. The van der Waals surface area contributed by atoms with Crippen LogP contribution >= 0.6 is 47.3 Å². The molecular formula is C17H17ClN2OS3. The number of halogens is 1. The maximum absolute atomic E-state index is 12.6. The minimum absolute atomic E-state index is 0.00668. The summed E-state index contributed by atoms with van der Waals surface area (Å²) in [4.78, 5) is 18.5. The van der Waals surface area contributed by atoms with Crippen molar-refractivity contribution in [2.75, 3.05) is 11.9 Å². The lowest BCUT2D eigenvalue weighted by Crippen LogP contribution is -2.34. The summed E-state index contributed by atoms with van der Waals surface area (Å²) in [5.74, 6) is 0.00668. The first-order valence-electron chi connectivity index (χ1n) is 8.07. The van der Waals surface area contributed by atoms with Gasteiger partial charge in [-0.3, -0.25) is 9.69 Å². The van der Waals surface area contributed by atoms with Crippen LogP contribution in [0.5, 0.6) is 0 Å². The Balaban J connectivity index is 1.82. The molecule has 7 heteroatoms. The van der Waals surface area contributed by atoms with Gasteiger partial charge in [0.25, 0.3) is 5.91 Å². The molecule has 3 nitrogen and oxygen atoms in total. The van der Waals surface area contributed by atoms with Crippen LogP contribution in [0.15, 0.2) is 33.0 Å². The lowest BCUT2D eigenvalue weighted by Gasteiger charge is -2.34. The van der Waals surface area contributed by atoms with Gasteiger partial charge in [-0.25, -0.2) is 0 Å². The van der Waals surface area contributed by atoms with E-state index in [0.717, 1.165) is 33.5 Å². The Labute approximate surface area is 160 Å². The fourth-order valence-electron chi connectivity index (χ4n) is 3.46. The second-order valence-corrected chi connectivity index (χ2v) is 9.35. The summed E-state index contributed by atoms with van der Waals surface area (Å²) in [5, 5.41) is 1.76. The third-order valence-corrected chi connectivity index (χ3v) is 7.77. The molecule has 0 bridgehead atoms. The SMILES string of the molecule is CN1C(=O)C(=C2Sc3ccc(Cl)cc3N2C2CCCCC2)SC1=S. The Morgan fingerprint density at radius 2 is 1.96 bits per heavy atom. The van der Waals surface area contributed by atoms with Gasteiger partial charge in [-0.05, 0) is 31.0 Å². The highest BCUT2D eigenvalue weighted by Gasteiger charge is 2.40. The van der Waals surface area contributed by atoms with Crippen LogP contribution in [0.25, 0.3) is 0 Å². The molecule has 1 aromatic rings. The first-order chi connectivity index (χ1) is 11.6. The molecular weight excluding hydrogens is 380 g/mol. The maximum Gasteiger partial charge on any atom is 0.268 e. The number of fused-ring (bicyclic) bond motifs is 1. The van der Waals surface area contributed by atoms with E-state index in [0.29, 0.717) is 10.4 Å². The highest BCUT2D eigenvalue weighted by Crippen LogP contribution is 2.53. The third-order valence-electron chi connectivity index (χ3n) is 4.70. The second-order valence-electron chi connectivity index (χ2n) is 6.24. The minimum Gasteiger partial charge on any atom is -0.331 e. The predicted octanol–water partition coefficient (Wildman–Crippen LogP) is 5.24. The summed E-state index contributed by atoms with van der Waals surface area (Å²) in [6.07, 6.45) is 6.09. The molecule has 0 N–H and O–H groups in total. The molecule has 2 fully saturated rings. The van der Waals surface area contributed by atoms with Gasteiger partial charge in [-0.2, -0.15) is 0 Å². The number of rotatable bonds is 1. The average molecular weight is 397 g/mol. The normalized spacial score (nSPS) is 24.9. The Hall–Kier alpha value is -0.690. The van der Waals surface area contributed by atoms with E-state index < -0.39 is 0 Å². The molecule has 4 rings (SSSR count). The first kappa shape index (κ1) is 16.8. The smallest absolute Gasteiger partial charge is 0.268 e. The molecule has 0 spiro atoms. The summed E-state index contributed by atoms with van der Waals surface area (Å²) < 4.78 is 0.626.